The summed E-state index contributed by atoms with van der Waals surface area (Å²) in [5.41, 5.74) is 1.39. The molecule has 1 aliphatic carbocycles. The Hall–Kier alpha value is -0.370. The molecule has 1 aliphatic rings. The van der Waals surface area contributed by atoms with Gasteiger partial charge in [0.05, 0.1) is 10.7 Å². The van der Waals surface area contributed by atoms with Gasteiger partial charge in [0.15, 0.2) is 0 Å². The first kappa shape index (κ1) is 7.29. The van der Waals surface area contributed by atoms with Gasteiger partial charge >= 0.3 is 0 Å². The lowest BCUT2D eigenvalue weighted by Crippen LogP contribution is -2.04. The summed E-state index contributed by atoms with van der Waals surface area (Å²) < 4.78 is 0. The van der Waals surface area contributed by atoms with Crippen LogP contribution in [0.2, 0.25) is 0 Å². The number of rotatable bonds is 0. The standard InChI is InChI=1S/C9H13NS/c1-6-4-3-5-8-9(6)10-7(2)11-8/h6H,3-5H2,1-2H3/t6-/m1/s1. The summed E-state index contributed by atoms with van der Waals surface area (Å²) in [5.74, 6) is 0.712. The van der Waals surface area contributed by atoms with Crippen molar-refractivity contribution in [3.63, 3.8) is 0 Å². The molecule has 0 amide bonds. The summed E-state index contributed by atoms with van der Waals surface area (Å²) in [6.45, 7) is 4.40. The number of hydrogen-bond donors (Lipinski definition) is 0. The highest BCUT2D eigenvalue weighted by Crippen LogP contribution is 2.33. The minimum absolute atomic E-state index is 0.712. The normalized spacial score (nSPS) is 23.3. The molecule has 1 nitrogen and oxygen atoms in total. The maximum Gasteiger partial charge on any atom is 0.0900 e. The van der Waals surface area contributed by atoms with Crippen molar-refractivity contribution in [2.45, 2.75) is 39.0 Å². The lowest BCUT2D eigenvalue weighted by atomic mass is 9.93. The van der Waals surface area contributed by atoms with Crippen LogP contribution in [0, 0.1) is 6.92 Å². The molecule has 0 N–H and O–H groups in total. The predicted molar refractivity (Wildman–Crippen MR) is 48.2 cm³/mol. The van der Waals surface area contributed by atoms with Crippen LogP contribution in [0.15, 0.2) is 0 Å². The summed E-state index contributed by atoms with van der Waals surface area (Å²) in [5, 5.41) is 1.24. The largest absolute Gasteiger partial charge is 0.246 e. The van der Waals surface area contributed by atoms with Gasteiger partial charge < -0.3 is 0 Å². The molecule has 1 aromatic heterocycles. The predicted octanol–water partition coefficient (Wildman–Crippen LogP) is 2.89. The van der Waals surface area contributed by atoms with E-state index in [-0.39, 0.29) is 0 Å². The third-order valence-corrected chi connectivity index (χ3v) is 3.39. The van der Waals surface area contributed by atoms with Gasteiger partial charge in [-0.3, -0.25) is 0 Å². The molecule has 0 spiro atoms. The lowest BCUT2D eigenvalue weighted by molar-refractivity contribution is 0.583. The molecule has 1 atom stereocenters. The van der Waals surface area contributed by atoms with Crippen LogP contribution in [0.5, 0.6) is 0 Å². The number of nitrogens with zero attached hydrogens (tertiary/aromatic N) is 1. The molecule has 0 saturated carbocycles. The van der Waals surface area contributed by atoms with E-state index in [9.17, 15) is 0 Å². The zero-order valence-corrected chi connectivity index (χ0v) is 7.87. The zero-order chi connectivity index (χ0) is 7.84. The van der Waals surface area contributed by atoms with Gasteiger partial charge in [-0.15, -0.1) is 11.3 Å². The van der Waals surface area contributed by atoms with E-state index in [0.717, 1.165) is 0 Å². The first-order chi connectivity index (χ1) is 5.27. The molecule has 1 aromatic rings. The minimum atomic E-state index is 0.712. The van der Waals surface area contributed by atoms with E-state index in [2.05, 4.69) is 18.8 Å². The van der Waals surface area contributed by atoms with Crippen molar-refractivity contribution in [1.29, 1.82) is 0 Å². The topological polar surface area (TPSA) is 12.9 Å². The fraction of sp³-hybridized carbons (Fsp3) is 0.667. The van der Waals surface area contributed by atoms with Crippen molar-refractivity contribution in [2.75, 3.05) is 0 Å². The molecule has 0 aromatic carbocycles. The van der Waals surface area contributed by atoms with Crippen molar-refractivity contribution in [2.24, 2.45) is 0 Å². The molecule has 2 heteroatoms. The third kappa shape index (κ3) is 1.20. The first-order valence-corrected chi connectivity index (χ1v) is 5.05. The lowest BCUT2D eigenvalue weighted by Gasteiger charge is -2.15. The van der Waals surface area contributed by atoms with Crippen molar-refractivity contribution >= 4 is 11.3 Å². The third-order valence-electron chi connectivity index (χ3n) is 2.34. The monoisotopic (exact) mass is 167 g/mol. The van der Waals surface area contributed by atoms with Crippen LogP contribution in [-0.4, -0.2) is 4.98 Å². The number of hydrogen-bond acceptors (Lipinski definition) is 2. The molecule has 60 valence electrons. The van der Waals surface area contributed by atoms with E-state index >= 15 is 0 Å². The Morgan fingerprint density at radius 2 is 2.36 bits per heavy atom. The Labute approximate surface area is 71.5 Å². The average Bonchev–Trinajstić information content (AvgIpc) is 2.31. The highest BCUT2D eigenvalue weighted by molar-refractivity contribution is 7.11. The van der Waals surface area contributed by atoms with Gasteiger partial charge in [-0.25, -0.2) is 4.98 Å². The van der Waals surface area contributed by atoms with Crippen LogP contribution in [-0.2, 0) is 6.42 Å². The second-order valence-electron chi connectivity index (χ2n) is 3.33. The van der Waals surface area contributed by atoms with Crippen LogP contribution in [0.4, 0.5) is 0 Å². The van der Waals surface area contributed by atoms with Gasteiger partial charge in [-0.1, -0.05) is 6.92 Å². The molecular formula is C9H13NS. The second-order valence-corrected chi connectivity index (χ2v) is 4.62. The zero-order valence-electron chi connectivity index (χ0n) is 7.05. The summed E-state index contributed by atoms with van der Waals surface area (Å²) in [6, 6.07) is 0. The highest BCUT2D eigenvalue weighted by atomic mass is 32.1. The summed E-state index contributed by atoms with van der Waals surface area (Å²) >= 11 is 1.88. The van der Waals surface area contributed by atoms with Crippen molar-refractivity contribution in [3.05, 3.63) is 15.6 Å². The molecule has 0 bridgehead atoms. The Morgan fingerprint density at radius 1 is 1.55 bits per heavy atom. The van der Waals surface area contributed by atoms with Crippen molar-refractivity contribution in [3.8, 4) is 0 Å². The van der Waals surface area contributed by atoms with E-state index in [1.54, 1.807) is 4.88 Å². The van der Waals surface area contributed by atoms with Crippen LogP contribution in [0.25, 0.3) is 0 Å². The number of fused-ring (bicyclic) bond motifs is 1. The van der Waals surface area contributed by atoms with Gasteiger partial charge in [0.2, 0.25) is 0 Å². The van der Waals surface area contributed by atoms with Crippen molar-refractivity contribution in [1.82, 2.24) is 4.98 Å². The molecular weight excluding hydrogens is 154 g/mol. The van der Waals surface area contributed by atoms with Gasteiger partial charge in [0, 0.05) is 4.88 Å². The number of thiazole rings is 1. The molecule has 0 saturated heterocycles. The molecule has 0 radical (unpaired) electrons. The van der Waals surface area contributed by atoms with E-state index in [1.807, 2.05) is 11.3 Å². The van der Waals surface area contributed by atoms with Gasteiger partial charge in [0.25, 0.3) is 0 Å². The van der Waals surface area contributed by atoms with Gasteiger partial charge in [0.1, 0.15) is 0 Å². The Balaban J connectivity index is 2.43. The Bertz CT molecular complexity index is 265. The fourth-order valence-corrected chi connectivity index (χ4v) is 2.85. The molecule has 0 aliphatic heterocycles. The maximum atomic E-state index is 4.55. The van der Waals surface area contributed by atoms with Crippen LogP contribution >= 0.6 is 11.3 Å². The van der Waals surface area contributed by atoms with Gasteiger partial charge in [-0.2, -0.15) is 0 Å². The summed E-state index contributed by atoms with van der Waals surface area (Å²) in [7, 11) is 0. The first-order valence-electron chi connectivity index (χ1n) is 4.23. The molecule has 2 rings (SSSR count). The highest BCUT2D eigenvalue weighted by Gasteiger charge is 2.19. The molecule has 0 unspecified atom stereocenters. The number of aromatic nitrogens is 1. The second kappa shape index (κ2) is 2.59. The average molecular weight is 167 g/mol. The van der Waals surface area contributed by atoms with E-state index in [1.165, 1.54) is 30.0 Å². The SMILES string of the molecule is Cc1nc2c(s1)CCC[C@H]2C. The van der Waals surface area contributed by atoms with Crippen LogP contribution in [0.3, 0.4) is 0 Å². The minimum Gasteiger partial charge on any atom is -0.246 e. The van der Waals surface area contributed by atoms with Crippen LogP contribution < -0.4 is 0 Å². The Kier molecular flexibility index (Phi) is 1.72. The quantitative estimate of drug-likeness (QED) is 0.579. The smallest absolute Gasteiger partial charge is 0.0900 e. The van der Waals surface area contributed by atoms with Crippen LogP contribution in [0.1, 0.15) is 41.3 Å². The molecule has 0 fully saturated rings. The van der Waals surface area contributed by atoms with E-state index in [0.29, 0.717) is 5.92 Å². The maximum absolute atomic E-state index is 4.55. The summed E-state index contributed by atoms with van der Waals surface area (Å²) in [4.78, 5) is 6.09. The molecule has 11 heavy (non-hydrogen) atoms. The van der Waals surface area contributed by atoms with E-state index in [4.69, 9.17) is 0 Å². The molecule has 1 heterocycles. The Morgan fingerprint density at radius 3 is 3.09 bits per heavy atom. The van der Waals surface area contributed by atoms with E-state index < -0.39 is 0 Å². The fourth-order valence-electron chi connectivity index (χ4n) is 1.76. The van der Waals surface area contributed by atoms with Gasteiger partial charge in [-0.05, 0) is 32.1 Å². The van der Waals surface area contributed by atoms with Crippen molar-refractivity contribution < 1.29 is 0 Å². The number of aryl methyl sites for hydroxylation is 2. The summed E-state index contributed by atoms with van der Waals surface area (Å²) in [6.07, 6.45) is 3.96.